The number of likely N-dealkylation sites (tertiary alicyclic amines) is 1. The van der Waals surface area contributed by atoms with Gasteiger partial charge in [-0.2, -0.15) is 0 Å². The Balaban J connectivity index is 2.38. The summed E-state index contributed by atoms with van der Waals surface area (Å²) in [4.78, 5) is 16.1. The molecule has 0 spiro atoms. The average Bonchev–Trinajstić information content (AvgIpc) is 2.33. The summed E-state index contributed by atoms with van der Waals surface area (Å²) in [5, 5.41) is 2.21. The number of hydrogen-bond donors (Lipinski definition) is 2. The van der Waals surface area contributed by atoms with Crippen LogP contribution in [0.25, 0.3) is 0 Å². The van der Waals surface area contributed by atoms with Crippen LogP contribution in [0.15, 0.2) is 0 Å². The lowest BCUT2D eigenvalue weighted by atomic mass is 9.96. The largest absolute Gasteiger partial charge is 0.340 e. The van der Waals surface area contributed by atoms with Crippen molar-refractivity contribution in [3.8, 4) is 0 Å². The van der Waals surface area contributed by atoms with E-state index in [-0.39, 0.29) is 6.04 Å². The maximum atomic E-state index is 12.5. The maximum absolute atomic E-state index is 12.5. The van der Waals surface area contributed by atoms with Gasteiger partial charge in [0.25, 0.3) is 5.91 Å². The van der Waals surface area contributed by atoms with Crippen LogP contribution in [0, 0.1) is 0 Å². The van der Waals surface area contributed by atoms with Gasteiger partial charge in [-0.3, -0.25) is 4.79 Å². The fourth-order valence-electron chi connectivity index (χ4n) is 3.02. The minimum atomic E-state index is 0.0696. The lowest BCUT2D eigenvalue weighted by molar-refractivity contribution is -0.860. The number of nitrogens with zero attached hydrogens (tertiary/aromatic N) is 1. The van der Waals surface area contributed by atoms with Crippen molar-refractivity contribution in [1.82, 2.24) is 4.90 Å². The average molecular weight is 271 g/mol. The van der Waals surface area contributed by atoms with Gasteiger partial charge in [-0.05, 0) is 40.0 Å². The summed E-state index contributed by atoms with van der Waals surface area (Å²) in [6, 6.07) is 0.900. The van der Waals surface area contributed by atoms with Gasteiger partial charge in [0.05, 0.1) is 27.2 Å². The molecule has 1 rings (SSSR count). The Morgan fingerprint density at radius 2 is 1.89 bits per heavy atom. The molecule has 0 bridgehead atoms. The van der Waals surface area contributed by atoms with Crippen molar-refractivity contribution in [2.45, 2.75) is 64.6 Å². The highest BCUT2D eigenvalue weighted by Gasteiger charge is 2.32. The molecule has 0 radical (unpaired) electrons. The third kappa shape index (κ3) is 5.11. The topological polar surface area (TPSA) is 41.4 Å². The molecule has 1 fully saturated rings. The molecule has 3 atom stereocenters. The summed E-state index contributed by atoms with van der Waals surface area (Å²) >= 11 is 0. The molecular weight excluding hydrogens is 238 g/mol. The summed E-state index contributed by atoms with van der Waals surface area (Å²) in [6.45, 7) is 8.66. The first kappa shape index (κ1) is 16.4. The summed E-state index contributed by atoms with van der Waals surface area (Å²) < 4.78 is 0. The first-order valence-electron chi connectivity index (χ1n) is 7.88. The van der Waals surface area contributed by atoms with Gasteiger partial charge in [0.2, 0.25) is 0 Å². The zero-order chi connectivity index (χ0) is 14.4. The number of rotatable bonds is 6. The predicted molar refractivity (Wildman–Crippen MR) is 78.2 cm³/mol. The van der Waals surface area contributed by atoms with Crippen LogP contribution in [0.3, 0.4) is 0 Å². The van der Waals surface area contributed by atoms with Crippen molar-refractivity contribution in [1.29, 1.82) is 0 Å². The quantitative estimate of drug-likeness (QED) is 0.614. The number of piperidine rings is 1. The molecule has 1 aliphatic heterocycles. The first-order valence-corrected chi connectivity index (χ1v) is 7.88. The van der Waals surface area contributed by atoms with Crippen LogP contribution in [-0.4, -0.2) is 56.1 Å². The van der Waals surface area contributed by atoms with Gasteiger partial charge in [0.1, 0.15) is 0 Å². The van der Waals surface area contributed by atoms with Gasteiger partial charge in [-0.15, -0.1) is 0 Å². The van der Waals surface area contributed by atoms with E-state index in [1.54, 1.807) is 0 Å². The first-order chi connectivity index (χ1) is 8.93. The molecule has 0 saturated carbocycles. The molecule has 1 heterocycles. The van der Waals surface area contributed by atoms with Crippen molar-refractivity contribution in [3.05, 3.63) is 0 Å². The molecule has 4 heteroatoms. The molecule has 1 saturated heterocycles. The number of quaternary nitrogens is 2. The van der Waals surface area contributed by atoms with Crippen LogP contribution in [0.5, 0.6) is 0 Å². The minimum Gasteiger partial charge on any atom is -0.340 e. The van der Waals surface area contributed by atoms with Gasteiger partial charge >= 0.3 is 0 Å². The van der Waals surface area contributed by atoms with E-state index < -0.39 is 0 Å². The van der Waals surface area contributed by atoms with Gasteiger partial charge in [-0.1, -0.05) is 0 Å². The number of nitrogens with two attached hydrogens (primary N) is 1. The highest BCUT2D eigenvalue weighted by atomic mass is 16.2. The van der Waals surface area contributed by atoms with Gasteiger partial charge in [0, 0.05) is 18.5 Å². The Morgan fingerprint density at radius 1 is 1.32 bits per heavy atom. The fourth-order valence-corrected chi connectivity index (χ4v) is 3.02. The minimum absolute atomic E-state index is 0.0696. The van der Waals surface area contributed by atoms with E-state index >= 15 is 0 Å². The second kappa shape index (κ2) is 7.85. The lowest BCUT2D eigenvalue weighted by Crippen LogP contribution is -3.06. The van der Waals surface area contributed by atoms with E-state index in [4.69, 9.17) is 0 Å². The standard InChI is InChI=1S/C15H31N3O/c1-12-8-6-9-13(2)18(12)15(19)14(3)16-10-7-11-17(4)5/h12-14,16H,6-11H2,1-5H3/p+2/t12-,13+,14-/m1/s1. The molecular formula is C15H33N3O+2. The molecule has 19 heavy (non-hydrogen) atoms. The summed E-state index contributed by atoms with van der Waals surface area (Å²) in [6.07, 6.45) is 4.75. The van der Waals surface area contributed by atoms with Crippen molar-refractivity contribution in [2.75, 3.05) is 27.2 Å². The second-order valence-corrected chi connectivity index (χ2v) is 6.50. The Kier molecular flexibility index (Phi) is 6.80. The number of nitrogens with one attached hydrogen (secondary N) is 1. The molecule has 1 aliphatic rings. The van der Waals surface area contributed by atoms with Crippen LogP contribution in [-0.2, 0) is 4.79 Å². The summed E-state index contributed by atoms with van der Waals surface area (Å²) in [5.74, 6) is 0.330. The highest BCUT2D eigenvalue weighted by molar-refractivity contribution is 5.80. The molecule has 4 nitrogen and oxygen atoms in total. The van der Waals surface area contributed by atoms with Crippen LogP contribution < -0.4 is 10.2 Å². The number of carbonyl (C=O) groups excluding carboxylic acids is 1. The molecule has 0 aromatic rings. The second-order valence-electron chi connectivity index (χ2n) is 6.50. The van der Waals surface area contributed by atoms with E-state index in [1.807, 2.05) is 0 Å². The van der Waals surface area contributed by atoms with Crippen molar-refractivity contribution in [3.63, 3.8) is 0 Å². The molecule has 0 aromatic carbocycles. The van der Waals surface area contributed by atoms with Gasteiger partial charge in [0.15, 0.2) is 6.04 Å². The van der Waals surface area contributed by atoms with E-state index in [1.165, 1.54) is 24.3 Å². The zero-order valence-electron chi connectivity index (χ0n) is 13.4. The SMILES string of the molecule is C[C@@H]1CCC[C@H](C)N1C(=O)[C@@H](C)[NH2+]CCC[NH+](C)C. The monoisotopic (exact) mass is 271 g/mol. The van der Waals surface area contributed by atoms with E-state index in [0.717, 1.165) is 19.4 Å². The summed E-state index contributed by atoms with van der Waals surface area (Å²) in [5.41, 5.74) is 0. The molecule has 0 aliphatic carbocycles. The van der Waals surface area contributed by atoms with E-state index in [9.17, 15) is 4.79 Å². The normalized spacial score (nSPS) is 25.7. The van der Waals surface area contributed by atoms with Crippen LogP contribution in [0.1, 0.15) is 46.5 Å². The van der Waals surface area contributed by atoms with Crippen molar-refractivity contribution >= 4 is 5.91 Å². The van der Waals surface area contributed by atoms with Crippen LogP contribution in [0.2, 0.25) is 0 Å². The highest BCUT2D eigenvalue weighted by Crippen LogP contribution is 2.22. The van der Waals surface area contributed by atoms with Gasteiger partial charge < -0.3 is 15.1 Å². The van der Waals surface area contributed by atoms with Crippen LogP contribution in [0.4, 0.5) is 0 Å². The van der Waals surface area contributed by atoms with Crippen molar-refractivity contribution < 1.29 is 15.0 Å². The maximum Gasteiger partial charge on any atom is 0.280 e. The van der Waals surface area contributed by atoms with Crippen LogP contribution >= 0.6 is 0 Å². The Labute approximate surface area is 118 Å². The Bertz CT molecular complexity index is 271. The smallest absolute Gasteiger partial charge is 0.280 e. The number of hydrogen-bond acceptors (Lipinski definition) is 1. The number of carbonyl (C=O) groups is 1. The summed E-state index contributed by atoms with van der Waals surface area (Å²) in [7, 11) is 4.34. The molecule has 1 amide bonds. The molecule has 3 N–H and O–H groups in total. The fraction of sp³-hybridized carbons (Fsp3) is 0.933. The van der Waals surface area contributed by atoms with E-state index in [0.29, 0.717) is 18.0 Å². The third-order valence-electron chi connectivity index (χ3n) is 4.24. The Morgan fingerprint density at radius 3 is 2.42 bits per heavy atom. The lowest BCUT2D eigenvalue weighted by Gasteiger charge is -2.39. The molecule has 0 unspecified atom stereocenters. The Hall–Kier alpha value is -0.610. The van der Waals surface area contributed by atoms with E-state index in [2.05, 4.69) is 45.1 Å². The predicted octanol–water partition coefficient (Wildman–Crippen LogP) is -0.738. The molecule has 112 valence electrons. The third-order valence-corrected chi connectivity index (χ3v) is 4.24. The van der Waals surface area contributed by atoms with Crippen molar-refractivity contribution in [2.24, 2.45) is 0 Å². The molecule has 0 aromatic heterocycles. The zero-order valence-corrected chi connectivity index (χ0v) is 13.4. The number of amides is 1. The van der Waals surface area contributed by atoms with Gasteiger partial charge in [-0.25, -0.2) is 0 Å².